The molecule has 1 aliphatic heterocycles. The molecule has 106 valence electrons. The highest BCUT2D eigenvalue weighted by molar-refractivity contribution is 4.87. The van der Waals surface area contributed by atoms with Crippen molar-refractivity contribution in [3.05, 3.63) is 0 Å². The minimum Gasteiger partial charge on any atom is -0.391 e. The predicted octanol–water partition coefficient (Wildman–Crippen LogP) is 3.44. The van der Waals surface area contributed by atoms with Crippen molar-refractivity contribution in [2.75, 3.05) is 13.1 Å². The van der Waals surface area contributed by atoms with Crippen LogP contribution in [0.1, 0.15) is 65.2 Å². The Morgan fingerprint density at radius 3 is 2.44 bits per heavy atom. The van der Waals surface area contributed by atoms with Gasteiger partial charge in [-0.05, 0) is 63.5 Å². The number of rotatable bonds is 3. The molecule has 1 aliphatic carbocycles. The Morgan fingerprint density at radius 2 is 1.72 bits per heavy atom. The largest absolute Gasteiger partial charge is 0.391 e. The molecule has 4 unspecified atom stereocenters. The van der Waals surface area contributed by atoms with Crippen molar-refractivity contribution in [3.63, 3.8) is 0 Å². The van der Waals surface area contributed by atoms with E-state index in [1.165, 1.54) is 58.0 Å². The average Bonchev–Trinajstić information content (AvgIpc) is 2.64. The maximum absolute atomic E-state index is 10.3. The topological polar surface area (TPSA) is 23.5 Å². The van der Waals surface area contributed by atoms with Crippen molar-refractivity contribution in [2.45, 2.75) is 77.4 Å². The third-order valence-corrected chi connectivity index (χ3v) is 5.40. The summed E-state index contributed by atoms with van der Waals surface area (Å²) in [6.07, 6.45) is 10.1. The second kappa shape index (κ2) is 6.91. The van der Waals surface area contributed by atoms with Gasteiger partial charge in [0.2, 0.25) is 0 Å². The van der Waals surface area contributed by atoms with Gasteiger partial charge < -0.3 is 5.11 Å². The zero-order valence-corrected chi connectivity index (χ0v) is 12.3. The first-order valence-corrected chi connectivity index (χ1v) is 8.16. The van der Waals surface area contributed by atoms with E-state index in [4.69, 9.17) is 0 Å². The van der Waals surface area contributed by atoms with Crippen LogP contribution in [0.5, 0.6) is 0 Å². The smallest absolute Gasteiger partial charge is 0.0695 e. The molecule has 2 rings (SSSR count). The molecule has 0 amide bonds. The molecule has 2 heteroatoms. The molecule has 1 saturated carbocycles. The van der Waals surface area contributed by atoms with E-state index < -0.39 is 0 Å². The monoisotopic (exact) mass is 253 g/mol. The molecule has 1 N–H and O–H groups in total. The van der Waals surface area contributed by atoms with Gasteiger partial charge in [-0.1, -0.05) is 26.7 Å². The quantitative estimate of drug-likeness (QED) is 0.833. The molecule has 4 atom stereocenters. The Morgan fingerprint density at radius 1 is 0.944 bits per heavy atom. The first kappa shape index (κ1) is 14.3. The molecule has 2 fully saturated rings. The van der Waals surface area contributed by atoms with Crippen LogP contribution >= 0.6 is 0 Å². The second-order valence-corrected chi connectivity index (χ2v) is 6.46. The number of aliphatic hydroxyl groups excluding tert-OH is 1. The van der Waals surface area contributed by atoms with Gasteiger partial charge in [0.15, 0.2) is 0 Å². The molecule has 1 saturated heterocycles. The van der Waals surface area contributed by atoms with E-state index in [1.807, 2.05) is 0 Å². The fourth-order valence-corrected chi connectivity index (χ4v) is 3.91. The Balaban J connectivity index is 1.92. The molecule has 2 aliphatic rings. The molecule has 1 heterocycles. The van der Waals surface area contributed by atoms with Crippen LogP contribution in [0.2, 0.25) is 0 Å². The van der Waals surface area contributed by atoms with Crippen LogP contribution in [0, 0.1) is 11.8 Å². The van der Waals surface area contributed by atoms with E-state index in [2.05, 4.69) is 18.7 Å². The fourth-order valence-electron chi connectivity index (χ4n) is 3.91. The minimum atomic E-state index is -0.0639. The molecular weight excluding hydrogens is 222 g/mol. The van der Waals surface area contributed by atoms with Crippen LogP contribution in [0.15, 0.2) is 0 Å². The molecule has 0 bridgehead atoms. The van der Waals surface area contributed by atoms with Crippen LogP contribution in [0.3, 0.4) is 0 Å². The highest BCUT2D eigenvalue weighted by Gasteiger charge is 2.33. The lowest BCUT2D eigenvalue weighted by atomic mass is 9.81. The fraction of sp³-hybridized carbons (Fsp3) is 1.00. The molecule has 18 heavy (non-hydrogen) atoms. The third kappa shape index (κ3) is 3.48. The number of hydrogen-bond acceptors (Lipinski definition) is 2. The summed E-state index contributed by atoms with van der Waals surface area (Å²) in [7, 11) is 0. The Labute approximate surface area is 113 Å². The average molecular weight is 253 g/mol. The van der Waals surface area contributed by atoms with E-state index in [0.29, 0.717) is 6.04 Å². The van der Waals surface area contributed by atoms with Crippen molar-refractivity contribution >= 4 is 0 Å². The number of nitrogens with zero attached hydrogens (tertiary/aromatic N) is 1. The number of likely N-dealkylation sites (tertiary alicyclic amines) is 1. The van der Waals surface area contributed by atoms with Gasteiger partial charge in [0.1, 0.15) is 0 Å². The van der Waals surface area contributed by atoms with Crippen LogP contribution in [0.4, 0.5) is 0 Å². The SMILES string of the molecule is CCC1CCCN(C2CC(CC)CCC2O)CC1. The lowest BCUT2D eigenvalue weighted by molar-refractivity contribution is 0.00335. The molecule has 0 aromatic heterocycles. The Hall–Kier alpha value is -0.0800. The first-order chi connectivity index (χ1) is 8.74. The summed E-state index contributed by atoms with van der Waals surface area (Å²) < 4.78 is 0. The van der Waals surface area contributed by atoms with Gasteiger partial charge in [-0.15, -0.1) is 0 Å². The summed E-state index contributed by atoms with van der Waals surface area (Å²) >= 11 is 0. The Kier molecular flexibility index (Phi) is 5.50. The van der Waals surface area contributed by atoms with Gasteiger partial charge in [0.25, 0.3) is 0 Å². The summed E-state index contributed by atoms with van der Waals surface area (Å²) in [5, 5.41) is 10.3. The highest BCUT2D eigenvalue weighted by Crippen LogP contribution is 2.32. The Bertz CT molecular complexity index is 243. The molecule has 0 spiro atoms. The molecular formula is C16H31NO. The zero-order valence-electron chi connectivity index (χ0n) is 12.3. The number of hydrogen-bond donors (Lipinski definition) is 1. The summed E-state index contributed by atoms with van der Waals surface area (Å²) in [6, 6.07) is 0.458. The standard InChI is InChI=1S/C16H31NO/c1-3-13-6-5-10-17(11-9-13)15-12-14(4-2)7-8-16(15)18/h13-16,18H,3-12H2,1-2H3. The van der Waals surface area contributed by atoms with E-state index >= 15 is 0 Å². The molecule has 0 aromatic carbocycles. The third-order valence-electron chi connectivity index (χ3n) is 5.40. The van der Waals surface area contributed by atoms with E-state index in [1.54, 1.807) is 0 Å². The van der Waals surface area contributed by atoms with Crippen LogP contribution < -0.4 is 0 Å². The number of aliphatic hydroxyl groups is 1. The van der Waals surface area contributed by atoms with Crippen molar-refractivity contribution in [2.24, 2.45) is 11.8 Å². The highest BCUT2D eigenvalue weighted by atomic mass is 16.3. The maximum Gasteiger partial charge on any atom is 0.0695 e. The van der Waals surface area contributed by atoms with Crippen LogP contribution in [-0.4, -0.2) is 35.2 Å². The van der Waals surface area contributed by atoms with E-state index in [-0.39, 0.29) is 6.10 Å². The van der Waals surface area contributed by atoms with Crippen molar-refractivity contribution in [3.8, 4) is 0 Å². The van der Waals surface area contributed by atoms with Gasteiger partial charge in [-0.2, -0.15) is 0 Å². The summed E-state index contributed by atoms with van der Waals surface area (Å²) in [4.78, 5) is 2.61. The van der Waals surface area contributed by atoms with Crippen molar-refractivity contribution in [1.82, 2.24) is 4.90 Å². The zero-order chi connectivity index (χ0) is 13.0. The van der Waals surface area contributed by atoms with Crippen molar-refractivity contribution < 1.29 is 5.11 Å². The second-order valence-electron chi connectivity index (χ2n) is 6.46. The van der Waals surface area contributed by atoms with E-state index in [0.717, 1.165) is 18.3 Å². The molecule has 0 aromatic rings. The van der Waals surface area contributed by atoms with Crippen LogP contribution in [-0.2, 0) is 0 Å². The van der Waals surface area contributed by atoms with Crippen LogP contribution in [0.25, 0.3) is 0 Å². The van der Waals surface area contributed by atoms with Gasteiger partial charge in [0, 0.05) is 6.04 Å². The molecule has 0 radical (unpaired) electrons. The van der Waals surface area contributed by atoms with E-state index in [9.17, 15) is 5.11 Å². The van der Waals surface area contributed by atoms with Crippen molar-refractivity contribution in [1.29, 1.82) is 0 Å². The molecule has 2 nitrogen and oxygen atoms in total. The minimum absolute atomic E-state index is 0.0639. The van der Waals surface area contributed by atoms with Gasteiger partial charge in [0.05, 0.1) is 6.10 Å². The predicted molar refractivity (Wildman–Crippen MR) is 76.6 cm³/mol. The van der Waals surface area contributed by atoms with Gasteiger partial charge in [-0.25, -0.2) is 0 Å². The maximum atomic E-state index is 10.3. The summed E-state index contributed by atoms with van der Waals surface area (Å²) in [5.74, 6) is 1.78. The van der Waals surface area contributed by atoms with Gasteiger partial charge in [-0.3, -0.25) is 4.90 Å². The lowest BCUT2D eigenvalue weighted by Gasteiger charge is -2.40. The first-order valence-electron chi connectivity index (χ1n) is 8.16. The normalized spacial score (nSPS) is 39.5. The van der Waals surface area contributed by atoms with Gasteiger partial charge >= 0.3 is 0 Å². The lowest BCUT2D eigenvalue weighted by Crippen LogP contribution is -2.47. The summed E-state index contributed by atoms with van der Waals surface area (Å²) in [6.45, 7) is 7.06. The summed E-state index contributed by atoms with van der Waals surface area (Å²) in [5.41, 5.74) is 0.